The lowest BCUT2D eigenvalue weighted by atomic mass is 10.0. The van der Waals surface area contributed by atoms with Gasteiger partial charge in [0.15, 0.2) is 0 Å². The molecule has 0 saturated carbocycles. The first-order chi connectivity index (χ1) is 9.16. The van der Waals surface area contributed by atoms with E-state index in [1.54, 1.807) is 13.1 Å². The van der Waals surface area contributed by atoms with Gasteiger partial charge in [0.1, 0.15) is 11.6 Å². The van der Waals surface area contributed by atoms with Gasteiger partial charge in [0, 0.05) is 23.2 Å². The molecule has 0 amide bonds. The SMILES string of the molecule is Cc1cc(-c2nccc3ccccc23)c(F)cc1F. The van der Waals surface area contributed by atoms with Crippen molar-refractivity contribution in [3.05, 3.63) is 65.9 Å². The summed E-state index contributed by atoms with van der Waals surface area (Å²) in [6, 6.07) is 11.9. The maximum Gasteiger partial charge on any atom is 0.135 e. The predicted molar refractivity (Wildman–Crippen MR) is 71.8 cm³/mol. The van der Waals surface area contributed by atoms with E-state index in [9.17, 15) is 8.78 Å². The van der Waals surface area contributed by atoms with Gasteiger partial charge in [-0.05, 0) is 30.0 Å². The Morgan fingerprint density at radius 2 is 1.74 bits per heavy atom. The summed E-state index contributed by atoms with van der Waals surface area (Å²) in [7, 11) is 0. The van der Waals surface area contributed by atoms with Crippen LogP contribution in [0.5, 0.6) is 0 Å². The number of aryl methyl sites for hydroxylation is 1. The van der Waals surface area contributed by atoms with Gasteiger partial charge in [0.25, 0.3) is 0 Å². The van der Waals surface area contributed by atoms with E-state index in [0.717, 1.165) is 16.8 Å². The van der Waals surface area contributed by atoms with Crippen LogP contribution in [0, 0.1) is 18.6 Å². The lowest BCUT2D eigenvalue weighted by Gasteiger charge is -2.08. The maximum atomic E-state index is 14.0. The number of rotatable bonds is 1. The predicted octanol–water partition coefficient (Wildman–Crippen LogP) is 4.49. The first-order valence-corrected chi connectivity index (χ1v) is 5.96. The van der Waals surface area contributed by atoms with E-state index in [0.29, 0.717) is 16.8 Å². The first kappa shape index (κ1) is 11.8. The molecular formula is C16H11F2N. The molecule has 0 fully saturated rings. The number of nitrogens with zero attached hydrogens (tertiary/aromatic N) is 1. The smallest absolute Gasteiger partial charge is 0.135 e. The number of halogens is 2. The highest BCUT2D eigenvalue weighted by atomic mass is 19.1. The molecule has 2 aromatic carbocycles. The van der Waals surface area contributed by atoms with E-state index >= 15 is 0 Å². The average molecular weight is 255 g/mol. The van der Waals surface area contributed by atoms with Crippen molar-refractivity contribution in [3.63, 3.8) is 0 Å². The van der Waals surface area contributed by atoms with Crippen molar-refractivity contribution in [1.29, 1.82) is 0 Å². The van der Waals surface area contributed by atoms with Crippen LogP contribution in [0.4, 0.5) is 8.78 Å². The van der Waals surface area contributed by atoms with Gasteiger partial charge in [-0.1, -0.05) is 24.3 Å². The average Bonchev–Trinajstić information content (AvgIpc) is 2.42. The molecule has 0 aliphatic carbocycles. The van der Waals surface area contributed by atoms with Crippen LogP contribution in [0.25, 0.3) is 22.0 Å². The zero-order chi connectivity index (χ0) is 13.4. The molecule has 1 heterocycles. The number of hydrogen-bond acceptors (Lipinski definition) is 1. The molecule has 0 unspecified atom stereocenters. The van der Waals surface area contributed by atoms with Crippen LogP contribution in [0.2, 0.25) is 0 Å². The van der Waals surface area contributed by atoms with E-state index in [1.807, 2.05) is 30.3 Å². The quantitative estimate of drug-likeness (QED) is 0.624. The highest BCUT2D eigenvalue weighted by Crippen LogP contribution is 2.29. The van der Waals surface area contributed by atoms with Crippen LogP contribution in [0.3, 0.4) is 0 Å². The molecule has 0 bridgehead atoms. The third-order valence-electron chi connectivity index (χ3n) is 3.18. The van der Waals surface area contributed by atoms with Gasteiger partial charge >= 0.3 is 0 Å². The minimum absolute atomic E-state index is 0.329. The summed E-state index contributed by atoms with van der Waals surface area (Å²) >= 11 is 0. The largest absolute Gasteiger partial charge is 0.255 e. The molecule has 94 valence electrons. The Hall–Kier alpha value is -2.29. The topological polar surface area (TPSA) is 12.9 Å². The highest BCUT2D eigenvalue weighted by molar-refractivity contribution is 5.94. The van der Waals surface area contributed by atoms with Crippen LogP contribution in [-0.2, 0) is 0 Å². The van der Waals surface area contributed by atoms with Crippen molar-refractivity contribution < 1.29 is 8.78 Å². The second-order valence-electron chi connectivity index (χ2n) is 4.46. The first-order valence-electron chi connectivity index (χ1n) is 5.96. The zero-order valence-corrected chi connectivity index (χ0v) is 10.3. The minimum Gasteiger partial charge on any atom is -0.255 e. The number of benzene rings is 2. The Kier molecular flexibility index (Phi) is 2.75. The van der Waals surface area contributed by atoms with Crippen LogP contribution < -0.4 is 0 Å². The van der Waals surface area contributed by atoms with Crippen molar-refractivity contribution in [1.82, 2.24) is 4.98 Å². The Labute approximate surface area is 109 Å². The molecular weight excluding hydrogens is 244 g/mol. The molecule has 0 aliphatic rings. The lowest BCUT2D eigenvalue weighted by Crippen LogP contribution is -1.93. The Morgan fingerprint density at radius 3 is 2.58 bits per heavy atom. The van der Waals surface area contributed by atoms with Gasteiger partial charge in [-0.2, -0.15) is 0 Å². The fourth-order valence-corrected chi connectivity index (χ4v) is 2.17. The van der Waals surface area contributed by atoms with Crippen molar-refractivity contribution in [2.45, 2.75) is 6.92 Å². The standard InChI is InChI=1S/C16H11F2N/c1-10-8-13(15(18)9-14(10)17)16-12-5-3-2-4-11(12)6-7-19-16/h2-9H,1H3. The molecule has 1 nitrogen and oxygen atoms in total. The van der Waals surface area contributed by atoms with Crippen molar-refractivity contribution in [2.75, 3.05) is 0 Å². The summed E-state index contributed by atoms with van der Waals surface area (Å²) in [6.07, 6.45) is 1.63. The van der Waals surface area contributed by atoms with Crippen LogP contribution >= 0.6 is 0 Å². The van der Waals surface area contributed by atoms with E-state index in [-0.39, 0.29) is 0 Å². The molecule has 0 aliphatic heterocycles. The third-order valence-corrected chi connectivity index (χ3v) is 3.18. The zero-order valence-electron chi connectivity index (χ0n) is 10.3. The van der Waals surface area contributed by atoms with Crippen molar-refractivity contribution >= 4 is 10.8 Å². The summed E-state index contributed by atoms with van der Waals surface area (Å²) in [6.45, 7) is 1.61. The van der Waals surface area contributed by atoms with E-state index in [1.165, 1.54) is 6.07 Å². The Balaban J connectivity index is 2.33. The number of pyridine rings is 1. The summed E-state index contributed by atoms with van der Waals surface area (Å²) < 4.78 is 27.3. The molecule has 3 rings (SSSR count). The fourth-order valence-electron chi connectivity index (χ4n) is 2.17. The van der Waals surface area contributed by atoms with E-state index < -0.39 is 11.6 Å². The Morgan fingerprint density at radius 1 is 0.947 bits per heavy atom. The van der Waals surface area contributed by atoms with Crippen LogP contribution in [-0.4, -0.2) is 4.98 Å². The normalized spacial score (nSPS) is 10.9. The van der Waals surface area contributed by atoms with E-state index in [2.05, 4.69) is 4.98 Å². The van der Waals surface area contributed by atoms with Crippen LogP contribution in [0.1, 0.15) is 5.56 Å². The number of hydrogen-bond donors (Lipinski definition) is 0. The second kappa shape index (κ2) is 4.43. The maximum absolute atomic E-state index is 14.0. The van der Waals surface area contributed by atoms with Gasteiger partial charge < -0.3 is 0 Å². The fraction of sp³-hybridized carbons (Fsp3) is 0.0625. The molecule has 0 saturated heterocycles. The molecule has 1 aromatic heterocycles. The summed E-state index contributed by atoms with van der Waals surface area (Å²) in [5, 5.41) is 1.84. The van der Waals surface area contributed by atoms with Gasteiger partial charge in [-0.15, -0.1) is 0 Å². The summed E-state index contributed by atoms with van der Waals surface area (Å²) in [5.74, 6) is -1.13. The van der Waals surface area contributed by atoms with Gasteiger partial charge in [-0.3, -0.25) is 4.98 Å². The second-order valence-corrected chi connectivity index (χ2v) is 4.46. The minimum atomic E-state index is -0.591. The lowest BCUT2D eigenvalue weighted by molar-refractivity contribution is 0.579. The monoisotopic (exact) mass is 255 g/mol. The molecule has 3 heteroatoms. The van der Waals surface area contributed by atoms with Gasteiger partial charge in [0.2, 0.25) is 0 Å². The molecule has 0 radical (unpaired) electrons. The number of aromatic nitrogens is 1. The number of fused-ring (bicyclic) bond motifs is 1. The third kappa shape index (κ3) is 1.97. The molecule has 0 N–H and O–H groups in total. The molecule has 0 atom stereocenters. The van der Waals surface area contributed by atoms with Crippen molar-refractivity contribution in [3.8, 4) is 11.3 Å². The highest BCUT2D eigenvalue weighted by Gasteiger charge is 2.12. The summed E-state index contributed by atoms with van der Waals surface area (Å²) in [5.41, 5.74) is 1.28. The van der Waals surface area contributed by atoms with Crippen LogP contribution in [0.15, 0.2) is 48.7 Å². The van der Waals surface area contributed by atoms with Crippen molar-refractivity contribution in [2.24, 2.45) is 0 Å². The Bertz CT molecular complexity index is 761. The molecule has 3 aromatic rings. The van der Waals surface area contributed by atoms with Gasteiger partial charge in [0.05, 0.1) is 5.69 Å². The molecule has 0 spiro atoms. The van der Waals surface area contributed by atoms with Gasteiger partial charge in [-0.25, -0.2) is 8.78 Å². The summed E-state index contributed by atoms with van der Waals surface area (Å²) in [4.78, 5) is 4.25. The van der Waals surface area contributed by atoms with E-state index in [4.69, 9.17) is 0 Å². The molecule has 19 heavy (non-hydrogen) atoms.